The zero-order valence-corrected chi connectivity index (χ0v) is 26.7. The molecule has 0 aliphatic rings. The van der Waals surface area contributed by atoms with E-state index in [-0.39, 0.29) is 0 Å². The SMILES string of the molecule is c1ccc(-c2ccc(-c3nc(-c4ccccc4)nc(-c4ccc5c(c4)oc4cc(-c6cccc7c6oc6ccccc67)ccc45)n3)cc2)cc1. The highest BCUT2D eigenvalue weighted by molar-refractivity contribution is 6.11. The molecule has 5 heteroatoms. The van der Waals surface area contributed by atoms with Crippen molar-refractivity contribution in [1.82, 2.24) is 15.0 Å². The standard InChI is InChI=1S/C45H27N3O2/c1-3-10-28(11-4-1)29-18-20-31(21-19-29)44-46-43(30-12-5-2-6-13-30)47-45(48-44)33-23-25-37-36-24-22-32(26-40(36)49-41(37)27-33)34-15-9-16-38-35-14-7-8-17-39(35)50-42(34)38/h1-27H. The zero-order valence-electron chi connectivity index (χ0n) is 26.7. The summed E-state index contributed by atoms with van der Waals surface area (Å²) in [6.07, 6.45) is 0. The molecule has 5 nitrogen and oxygen atoms in total. The van der Waals surface area contributed by atoms with E-state index in [1.54, 1.807) is 0 Å². The Labute approximate surface area is 287 Å². The highest BCUT2D eigenvalue weighted by atomic mass is 16.3. The van der Waals surface area contributed by atoms with Crippen molar-refractivity contribution in [2.45, 2.75) is 0 Å². The first kappa shape index (κ1) is 28.2. The Hall–Kier alpha value is -6.85. The highest BCUT2D eigenvalue weighted by Gasteiger charge is 2.17. The Bertz CT molecular complexity index is 2850. The van der Waals surface area contributed by atoms with Gasteiger partial charge in [-0.2, -0.15) is 0 Å². The lowest BCUT2D eigenvalue weighted by Crippen LogP contribution is -2.00. The quantitative estimate of drug-likeness (QED) is 0.187. The Morgan fingerprint density at radius 3 is 1.50 bits per heavy atom. The van der Waals surface area contributed by atoms with Gasteiger partial charge in [-0.05, 0) is 47.0 Å². The number of nitrogens with zero attached hydrogens (tertiary/aromatic N) is 3. The molecular weight excluding hydrogens is 615 g/mol. The first-order valence-corrected chi connectivity index (χ1v) is 16.6. The normalized spacial score (nSPS) is 11.6. The first-order valence-electron chi connectivity index (χ1n) is 16.6. The van der Waals surface area contributed by atoms with Crippen molar-refractivity contribution in [3.8, 4) is 56.4 Å². The minimum absolute atomic E-state index is 0.584. The predicted molar refractivity (Wildman–Crippen MR) is 202 cm³/mol. The second-order valence-corrected chi connectivity index (χ2v) is 12.4. The van der Waals surface area contributed by atoms with Gasteiger partial charge in [-0.25, -0.2) is 15.0 Å². The lowest BCUT2D eigenvalue weighted by atomic mass is 10.0. The molecule has 10 aromatic rings. The van der Waals surface area contributed by atoms with Crippen LogP contribution in [-0.2, 0) is 0 Å². The van der Waals surface area contributed by atoms with Crippen molar-refractivity contribution in [3.05, 3.63) is 164 Å². The maximum Gasteiger partial charge on any atom is 0.164 e. The Morgan fingerprint density at radius 1 is 0.300 bits per heavy atom. The number of hydrogen-bond donors (Lipinski definition) is 0. The van der Waals surface area contributed by atoms with Crippen LogP contribution in [0.5, 0.6) is 0 Å². The molecular formula is C45H27N3O2. The van der Waals surface area contributed by atoms with E-state index in [1.165, 1.54) is 0 Å². The van der Waals surface area contributed by atoms with Gasteiger partial charge in [0.15, 0.2) is 17.5 Å². The van der Waals surface area contributed by atoms with Crippen LogP contribution in [0.1, 0.15) is 0 Å². The maximum atomic E-state index is 6.53. The summed E-state index contributed by atoms with van der Waals surface area (Å²) in [5.41, 5.74) is 10.4. The van der Waals surface area contributed by atoms with Gasteiger partial charge in [0.2, 0.25) is 0 Å². The van der Waals surface area contributed by atoms with E-state index < -0.39 is 0 Å². The summed E-state index contributed by atoms with van der Waals surface area (Å²) in [6.45, 7) is 0. The molecule has 0 radical (unpaired) electrons. The fraction of sp³-hybridized carbons (Fsp3) is 0. The molecule has 0 spiro atoms. The van der Waals surface area contributed by atoms with Gasteiger partial charge < -0.3 is 8.83 Å². The van der Waals surface area contributed by atoms with Crippen LogP contribution < -0.4 is 0 Å². The van der Waals surface area contributed by atoms with Gasteiger partial charge in [0.25, 0.3) is 0 Å². The van der Waals surface area contributed by atoms with E-state index in [0.717, 1.165) is 82.8 Å². The van der Waals surface area contributed by atoms with Crippen molar-refractivity contribution in [3.63, 3.8) is 0 Å². The summed E-state index contributed by atoms with van der Waals surface area (Å²) in [5, 5.41) is 4.30. The summed E-state index contributed by atoms with van der Waals surface area (Å²) < 4.78 is 12.9. The van der Waals surface area contributed by atoms with Crippen molar-refractivity contribution >= 4 is 43.9 Å². The van der Waals surface area contributed by atoms with Crippen molar-refractivity contribution in [2.75, 3.05) is 0 Å². The minimum Gasteiger partial charge on any atom is -0.456 e. The van der Waals surface area contributed by atoms with Crippen LogP contribution in [0.4, 0.5) is 0 Å². The van der Waals surface area contributed by atoms with Gasteiger partial charge >= 0.3 is 0 Å². The molecule has 0 aliphatic carbocycles. The highest BCUT2D eigenvalue weighted by Crippen LogP contribution is 2.39. The van der Waals surface area contributed by atoms with Crippen molar-refractivity contribution in [1.29, 1.82) is 0 Å². The molecule has 0 fully saturated rings. The monoisotopic (exact) mass is 641 g/mol. The van der Waals surface area contributed by atoms with E-state index in [9.17, 15) is 0 Å². The lowest BCUT2D eigenvalue weighted by Gasteiger charge is -2.09. The Morgan fingerprint density at radius 2 is 0.780 bits per heavy atom. The summed E-state index contributed by atoms with van der Waals surface area (Å²) in [5.74, 6) is 1.81. The van der Waals surface area contributed by atoms with E-state index in [4.69, 9.17) is 23.8 Å². The topological polar surface area (TPSA) is 65.0 Å². The number of para-hydroxylation sites is 2. The molecule has 0 N–H and O–H groups in total. The molecule has 10 rings (SSSR count). The van der Waals surface area contributed by atoms with E-state index in [0.29, 0.717) is 17.5 Å². The molecule has 0 saturated heterocycles. The van der Waals surface area contributed by atoms with Crippen LogP contribution in [0.15, 0.2) is 173 Å². The third kappa shape index (κ3) is 4.75. The molecule has 3 heterocycles. The molecule has 0 unspecified atom stereocenters. The molecule has 50 heavy (non-hydrogen) atoms. The van der Waals surface area contributed by atoms with Crippen LogP contribution in [0.3, 0.4) is 0 Å². The smallest absolute Gasteiger partial charge is 0.164 e. The second kappa shape index (κ2) is 11.4. The van der Waals surface area contributed by atoms with Gasteiger partial charge in [0.05, 0.1) is 0 Å². The van der Waals surface area contributed by atoms with Crippen LogP contribution in [0.2, 0.25) is 0 Å². The van der Waals surface area contributed by atoms with E-state index >= 15 is 0 Å². The number of fused-ring (bicyclic) bond motifs is 6. The summed E-state index contributed by atoms with van der Waals surface area (Å²) in [7, 11) is 0. The number of aromatic nitrogens is 3. The summed E-state index contributed by atoms with van der Waals surface area (Å²) in [6, 6.07) is 55.8. The van der Waals surface area contributed by atoms with Gasteiger partial charge in [-0.1, -0.05) is 133 Å². The van der Waals surface area contributed by atoms with Gasteiger partial charge in [-0.3, -0.25) is 0 Å². The molecule has 7 aromatic carbocycles. The average molecular weight is 642 g/mol. The first-order chi connectivity index (χ1) is 24.7. The number of rotatable bonds is 5. The van der Waals surface area contributed by atoms with E-state index in [1.807, 2.05) is 72.8 Å². The third-order valence-corrected chi connectivity index (χ3v) is 9.36. The van der Waals surface area contributed by atoms with Crippen LogP contribution in [0.25, 0.3) is 100 Å². The van der Waals surface area contributed by atoms with Gasteiger partial charge in [0, 0.05) is 43.8 Å². The van der Waals surface area contributed by atoms with Crippen LogP contribution in [-0.4, -0.2) is 15.0 Å². The molecule has 0 bridgehead atoms. The number of benzene rings is 7. The summed E-state index contributed by atoms with van der Waals surface area (Å²) >= 11 is 0. The maximum absolute atomic E-state index is 6.53. The lowest BCUT2D eigenvalue weighted by molar-refractivity contribution is 0.668. The minimum atomic E-state index is 0.584. The van der Waals surface area contributed by atoms with Crippen LogP contribution >= 0.6 is 0 Å². The van der Waals surface area contributed by atoms with Gasteiger partial charge in [0.1, 0.15) is 22.3 Å². The molecule has 0 amide bonds. The van der Waals surface area contributed by atoms with Crippen molar-refractivity contribution < 1.29 is 8.83 Å². The van der Waals surface area contributed by atoms with E-state index in [2.05, 4.69) is 91.0 Å². The third-order valence-electron chi connectivity index (χ3n) is 9.36. The zero-order chi connectivity index (χ0) is 33.0. The molecule has 0 saturated carbocycles. The molecule has 234 valence electrons. The molecule has 0 aliphatic heterocycles. The largest absolute Gasteiger partial charge is 0.456 e. The summed E-state index contributed by atoms with van der Waals surface area (Å²) in [4.78, 5) is 14.9. The second-order valence-electron chi connectivity index (χ2n) is 12.4. The fourth-order valence-corrected chi connectivity index (χ4v) is 6.85. The van der Waals surface area contributed by atoms with Crippen molar-refractivity contribution in [2.24, 2.45) is 0 Å². The predicted octanol–water partition coefficient (Wildman–Crippen LogP) is 12.0. The Kier molecular flexibility index (Phi) is 6.42. The van der Waals surface area contributed by atoms with Crippen LogP contribution in [0, 0.1) is 0 Å². The molecule has 0 atom stereocenters. The fourth-order valence-electron chi connectivity index (χ4n) is 6.85. The number of hydrogen-bond acceptors (Lipinski definition) is 5. The average Bonchev–Trinajstić information content (AvgIpc) is 3.76. The molecule has 3 aromatic heterocycles. The number of furan rings is 2. The van der Waals surface area contributed by atoms with Gasteiger partial charge in [-0.15, -0.1) is 0 Å². The Balaban J connectivity index is 1.07.